The number of carboxylic acids is 1. The van der Waals surface area contributed by atoms with Crippen molar-refractivity contribution in [1.82, 2.24) is 5.32 Å². The Morgan fingerprint density at radius 3 is 2.74 bits per heavy atom. The van der Waals surface area contributed by atoms with Gasteiger partial charge in [-0.25, -0.2) is 4.79 Å². The lowest BCUT2D eigenvalue weighted by Crippen LogP contribution is -2.22. The summed E-state index contributed by atoms with van der Waals surface area (Å²) in [6.07, 6.45) is 1.04. The van der Waals surface area contributed by atoms with E-state index in [9.17, 15) is 9.59 Å². The summed E-state index contributed by atoms with van der Waals surface area (Å²) < 4.78 is 10.6. The molecule has 1 amide bonds. The minimum atomic E-state index is -1.14. The standard InChI is InChI=1S/C17H19NO5/c1-11(2)9-22-14-5-3-4-12(6-14)8-18-16(19)15-7-13(10-23-15)17(20)21/h3-7,10-11H,8-9H2,1-2H3,(H,18,19)(H,20,21). The Kier molecular flexibility index (Phi) is 5.41. The maximum Gasteiger partial charge on any atom is 0.338 e. The van der Waals surface area contributed by atoms with E-state index in [0.29, 0.717) is 19.1 Å². The van der Waals surface area contributed by atoms with Gasteiger partial charge < -0.3 is 19.6 Å². The van der Waals surface area contributed by atoms with Crippen LogP contribution in [0.2, 0.25) is 0 Å². The molecular weight excluding hydrogens is 298 g/mol. The summed E-state index contributed by atoms with van der Waals surface area (Å²) in [5, 5.41) is 11.5. The van der Waals surface area contributed by atoms with Crippen LogP contribution in [0.5, 0.6) is 5.75 Å². The van der Waals surface area contributed by atoms with Crippen molar-refractivity contribution in [2.75, 3.05) is 6.61 Å². The van der Waals surface area contributed by atoms with Gasteiger partial charge in [0.2, 0.25) is 0 Å². The molecule has 0 fully saturated rings. The molecule has 0 radical (unpaired) electrons. The molecule has 2 N–H and O–H groups in total. The summed E-state index contributed by atoms with van der Waals surface area (Å²) in [6.45, 7) is 5.05. The van der Waals surface area contributed by atoms with Gasteiger partial charge >= 0.3 is 5.97 Å². The predicted octanol–water partition coefficient (Wildman–Crippen LogP) is 2.94. The first-order valence-electron chi connectivity index (χ1n) is 7.27. The number of amides is 1. The maximum absolute atomic E-state index is 11.9. The van der Waals surface area contributed by atoms with Crippen molar-refractivity contribution in [1.29, 1.82) is 0 Å². The molecule has 0 aliphatic heterocycles. The van der Waals surface area contributed by atoms with Crippen molar-refractivity contribution in [2.45, 2.75) is 20.4 Å². The molecule has 6 nitrogen and oxygen atoms in total. The third kappa shape index (κ3) is 4.88. The first-order chi connectivity index (χ1) is 11.0. The lowest BCUT2D eigenvalue weighted by atomic mass is 10.2. The second kappa shape index (κ2) is 7.49. The number of carbonyl (C=O) groups is 2. The number of hydrogen-bond donors (Lipinski definition) is 2. The number of ether oxygens (including phenoxy) is 1. The van der Waals surface area contributed by atoms with Crippen molar-refractivity contribution in [3.8, 4) is 5.75 Å². The second-order valence-corrected chi connectivity index (χ2v) is 5.54. The van der Waals surface area contributed by atoms with Gasteiger partial charge in [-0.05, 0) is 23.6 Å². The van der Waals surface area contributed by atoms with Crippen molar-refractivity contribution in [2.24, 2.45) is 5.92 Å². The van der Waals surface area contributed by atoms with Gasteiger partial charge in [0.05, 0.1) is 12.2 Å². The third-order valence-electron chi connectivity index (χ3n) is 3.01. The van der Waals surface area contributed by atoms with Crippen molar-refractivity contribution >= 4 is 11.9 Å². The van der Waals surface area contributed by atoms with Gasteiger partial charge in [-0.2, -0.15) is 0 Å². The summed E-state index contributed by atoms with van der Waals surface area (Å²) in [7, 11) is 0. The van der Waals surface area contributed by atoms with Gasteiger partial charge in [0.25, 0.3) is 5.91 Å². The van der Waals surface area contributed by atoms with Gasteiger partial charge in [-0.15, -0.1) is 0 Å². The monoisotopic (exact) mass is 317 g/mol. The molecule has 0 aliphatic carbocycles. The van der Waals surface area contributed by atoms with Crippen LogP contribution in [0.3, 0.4) is 0 Å². The van der Waals surface area contributed by atoms with Crippen LogP contribution < -0.4 is 10.1 Å². The van der Waals surface area contributed by atoms with Crippen LogP contribution in [0.4, 0.5) is 0 Å². The molecule has 23 heavy (non-hydrogen) atoms. The summed E-state index contributed by atoms with van der Waals surface area (Å²) in [5.41, 5.74) is 0.823. The Balaban J connectivity index is 1.93. The summed E-state index contributed by atoms with van der Waals surface area (Å²) in [5.74, 6) is -0.458. The number of aromatic carboxylic acids is 1. The van der Waals surface area contributed by atoms with Crippen LogP contribution in [0.25, 0.3) is 0 Å². The number of nitrogens with one attached hydrogen (secondary N) is 1. The van der Waals surface area contributed by atoms with Gasteiger partial charge in [0, 0.05) is 12.6 Å². The number of benzene rings is 1. The van der Waals surface area contributed by atoms with Crippen LogP contribution in [0, 0.1) is 5.92 Å². The Hall–Kier alpha value is -2.76. The smallest absolute Gasteiger partial charge is 0.338 e. The van der Waals surface area contributed by atoms with Crippen molar-refractivity contribution < 1.29 is 23.8 Å². The summed E-state index contributed by atoms with van der Waals surface area (Å²) >= 11 is 0. The number of hydrogen-bond acceptors (Lipinski definition) is 4. The van der Waals surface area contributed by atoms with Crippen molar-refractivity contribution in [3.63, 3.8) is 0 Å². The highest BCUT2D eigenvalue weighted by molar-refractivity contribution is 5.95. The fraction of sp³-hybridized carbons (Fsp3) is 0.294. The first kappa shape index (κ1) is 16.6. The fourth-order valence-corrected chi connectivity index (χ4v) is 1.85. The average Bonchev–Trinajstić information content (AvgIpc) is 3.01. The van der Waals surface area contributed by atoms with E-state index < -0.39 is 11.9 Å². The van der Waals surface area contributed by atoms with E-state index in [1.807, 2.05) is 24.3 Å². The normalized spacial score (nSPS) is 10.6. The Morgan fingerprint density at radius 2 is 2.09 bits per heavy atom. The zero-order chi connectivity index (χ0) is 16.8. The summed E-state index contributed by atoms with van der Waals surface area (Å²) in [6, 6.07) is 8.63. The van der Waals surface area contributed by atoms with Crippen LogP contribution in [-0.2, 0) is 6.54 Å². The zero-order valence-electron chi connectivity index (χ0n) is 13.0. The Morgan fingerprint density at radius 1 is 1.30 bits per heavy atom. The molecule has 0 aliphatic rings. The number of rotatable bonds is 7. The van der Waals surface area contributed by atoms with Gasteiger partial charge in [-0.3, -0.25) is 4.79 Å². The van der Waals surface area contributed by atoms with E-state index in [4.69, 9.17) is 14.3 Å². The Labute approximate surface area is 134 Å². The van der Waals surface area contributed by atoms with E-state index >= 15 is 0 Å². The summed E-state index contributed by atoms with van der Waals surface area (Å²) in [4.78, 5) is 22.7. The lowest BCUT2D eigenvalue weighted by Gasteiger charge is -2.10. The van der Waals surface area contributed by atoms with Gasteiger partial charge in [-0.1, -0.05) is 26.0 Å². The van der Waals surface area contributed by atoms with Crippen LogP contribution >= 0.6 is 0 Å². The second-order valence-electron chi connectivity index (χ2n) is 5.54. The molecule has 0 spiro atoms. The van der Waals surface area contributed by atoms with Gasteiger partial charge in [0.15, 0.2) is 5.76 Å². The topological polar surface area (TPSA) is 88.8 Å². The molecule has 0 saturated heterocycles. The zero-order valence-corrected chi connectivity index (χ0v) is 13.0. The number of furan rings is 1. The third-order valence-corrected chi connectivity index (χ3v) is 3.01. The van der Waals surface area contributed by atoms with E-state index in [-0.39, 0.29) is 11.3 Å². The van der Waals surface area contributed by atoms with E-state index in [1.54, 1.807) is 0 Å². The minimum Gasteiger partial charge on any atom is -0.493 e. The highest BCUT2D eigenvalue weighted by Crippen LogP contribution is 2.14. The van der Waals surface area contributed by atoms with Crippen molar-refractivity contribution in [3.05, 3.63) is 53.5 Å². The Bertz CT molecular complexity index is 690. The first-order valence-corrected chi connectivity index (χ1v) is 7.27. The fourth-order valence-electron chi connectivity index (χ4n) is 1.85. The molecule has 1 heterocycles. The molecular formula is C17H19NO5. The molecule has 1 aromatic carbocycles. The molecule has 2 aromatic rings. The van der Waals surface area contributed by atoms with Gasteiger partial charge in [0.1, 0.15) is 12.0 Å². The molecule has 6 heteroatoms. The van der Waals surface area contributed by atoms with Crippen LogP contribution in [-0.4, -0.2) is 23.6 Å². The molecule has 0 bridgehead atoms. The van der Waals surface area contributed by atoms with E-state index in [1.165, 1.54) is 6.07 Å². The molecule has 1 aromatic heterocycles. The maximum atomic E-state index is 11.9. The average molecular weight is 317 g/mol. The quantitative estimate of drug-likeness (QED) is 0.819. The highest BCUT2D eigenvalue weighted by atomic mass is 16.5. The molecule has 0 atom stereocenters. The molecule has 2 rings (SSSR count). The highest BCUT2D eigenvalue weighted by Gasteiger charge is 2.14. The predicted molar refractivity (Wildman–Crippen MR) is 83.6 cm³/mol. The number of carbonyl (C=O) groups excluding carboxylic acids is 1. The van der Waals surface area contributed by atoms with Crippen LogP contribution in [0.15, 0.2) is 41.0 Å². The van der Waals surface area contributed by atoms with E-state index in [0.717, 1.165) is 17.6 Å². The SMILES string of the molecule is CC(C)COc1cccc(CNC(=O)c2cc(C(=O)O)co2)c1. The number of carboxylic acid groups (broad SMARTS) is 1. The minimum absolute atomic E-state index is 0.0328. The van der Waals surface area contributed by atoms with Crippen LogP contribution in [0.1, 0.15) is 40.3 Å². The molecule has 0 unspecified atom stereocenters. The molecule has 0 saturated carbocycles. The molecule has 122 valence electrons. The largest absolute Gasteiger partial charge is 0.493 e. The van der Waals surface area contributed by atoms with E-state index in [2.05, 4.69) is 19.2 Å². The lowest BCUT2D eigenvalue weighted by molar-refractivity contribution is 0.0696.